The van der Waals surface area contributed by atoms with E-state index in [-0.39, 0.29) is 5.56 Å². The lowest BCUT2D eigenvalue weighted by Crippen LogP contribution is -1.97. The second-order valence-electron chi connectivity index (χ2n) is 4.39. The highest BCUT2D eigenvalue weighted by atomic mass is 19.1. The summed E-state index contributed by atoms with van der Waals surface area (Å²) in [5.41, 5.74) is 1.20. The Balaban J connectivity index is 2.19. The lowest BCUT2D eigenvalue weighted by atomic mass is 10.1. The lowest BCUT2D eigenvalue weighted by Gasteiger charge is -2.06. The molecule has 0 saturated carbocycles. The summed E-state index contributed by atoms with van der Waals surface area (Å²) in [4.78, 5) is 10.9. The number of carbonyl (C=O) groups is 1. The van der Waals surface area contributed by atoms with Gasteiger partial charge in [0.05, 0.1) is 16.8 Å². The minimum Gasteiger partial charge on any atom is -0.478 e. The quantitative estimate of drug-likeness (QED) is 0.775. The molecule has 0 saturated heterocycles. The first-order valence-corrected chi connectivity index (χ1v) is 5.85. The predicted molar refractivity (Wildman–Crippen MR) is 70.2 cm³/mol. The predicted octanol–water partition coefficient (Wildman–Crippen LogP) is 3.61. The van der Waals surface area contributed by atoms with Gasteiger partial charge in [-0.15, -0.1) is 0 Å². The van der Waals surface area contributed by atoms with E-state index >= 15 is 0 Å². The molecule has 0 bridgehead atoms. The Bertz CT molecular complexity index is 804. The fourth-order valence-corrected chi connectivity index (χ4v) is 2.18. The van der Waals surface area contributed by atoms with E-state index in [9.17, 15) is 13.6 Å². The molecule has 0 fully saturated rings. The topological polar surface area (TPSA) is 42.2 Å². The molecule has 20 heavy (non-hydrogen) atoms. The number of rotatable bonds is 2. The highest BCUT2D eigenvalue weighted by Gasteiger charge is 2.09. The minimum atomic E-state index is -1.02. The third kappa shape index (κ3) is 2.03. The van der Waals surface area contributed by atoms with Crippen LogP contribution in [0.1, 0.15) is 10.4 Å². The van der Waals surface area contributed by atoms with E-state index in [1.807, 2.05) is 0 Å². The van der Waals surface area contributed by atoms with Crippen molar-refractivity contribution >= 4 is 16.9 Å². The molecular weight excluding hydrogens is 264 g/mol. The second-order valence-corrected chi connectivity index (χ2v) is 4.39. The Morgan fingerprint density at radius 1 is 1.00 bits per heavy atom. The summed E-state index contributed by atoms with van der Waals surface area (Å²) in [6, 6.07) is 9.52. The molecule has 3 rings (SSSR count). The van der Waals surface area contributed by atoms with Gasteiger partial charge >= 0.3 is 5.97 Å². The number of aromatic nitrogens is 1. The Kier molecular flexibility index (Phi) is 2.75. The van der Waals surface area contributed by atoms with Gasteiger partial charge < -0.3 is 9.67 Å². The number of aromatic carboxylic acids is 1. The van der Waals surface area contributed by atoms with Crippen molar-refractivity contribution in [1.29, 1.82) is 0 Å². The van der Waals surface area contributed by atoms with Crippen molar-refractivity contribution in [3.05, 3.63) is 65.9 Å². The number of benzene rings is 2. The Morgan fingerprint density at radius 3 is 2.35 bits per heavy atom. The Labute approximate surface area is 112 Å². The summed E-state index contributed by atoms with van der Waals surface area (Å²) >= 11 is 0. The van der Waals surface area contributed by atoms with Crippen molar-refractivity contribution in [3.63, 3.8) is 0 Å². The van der Waals surface area contributed by atoms with Crippen LogP contribution in [-0.2, 0) is 0 Å². The van der Waals surface area contributed by atoms with E-state index in [4.69, 9.17) is 5.11 Å². The van der Waals surface area contributed by atoms with Crippen molar-refractivity contribution in [3.8, 4) is 5.69 Å². The first-order valence-electron chi connectivity index (χ1n) is 5.85. The Morgan fingerprint density at radius 2 is 1.70 bits per heavy atom. The van der Waals surface area contributed by atoms with Crippen LogP contribution in [0.4, 0.5) is 8.78 Å². The zero-order valence-electron chi connectivity index (χ0n) is 10.2. The molecule has 0 spiro atoms. The highest BCUT2D eigenvalue weighted by molar-refractivity contribution is 5.94. The van der Waals surface area contributed by atoms with Crippen LogP contribution in [0.15, 0.2) is 48.7 Å². The van der Waals surface area contributed by atoms with Crippen LogP contribution in [0.25, 0.3) is 16.6 Å². The lowest BCUT2D eigenvalue weighted by molar-refractivity contribution is 0.0697. The minimum absolute atomic E-state index is 0.167. The molecule has 0 radical (unpaired) electrons. The first kappa shape index (κ1) is 12.3. The molecule has 0 aliphatic heterocycles. The number of halogens is 2. The maximum absolute atomic E-state index is 13.3. The summed E-state index contributed by atoms with van der Waals surface area (Å²) in [6.45, 7) is 0. The third-order valence-electron chi connectivity index (χ3n) is 3.06. The summed E-state index contributed by atoms with van der Waals surface area (Å²) in [6.07, 6.45) is 1.64. The summed E-state index contributed by atoms with van der Waals surface area (Å²) < 4.78 is 28.1. The smallest absolute Gasteiger partial charge is 0.335 e. The van der Waals surface area contributed by atoms with Gasteiger partial charge in [0.15, 0.2) is 0 Å². The number of hydrogen-bond acceptors (Lipinski definition) is 1. The van der Waals surface area contributed by atoms with E-state index in [1.165, 1.54) is 24.3 Å². The molecule has 1 N–H and O–H groups in total. The second kappa shape index (κ2) is 4.45. The van der Waals surface area contributed by atoms with E-state index < -0.39 is 17.6 Å². The van der Waals surface area contributed by atoms with Crippen LogP contribution in [0.3, 0.4) is 0 Å². The zero-order chi connectivity index (χ0) is 14.3. The van der Waals surface area contributed by atoms with Crippen LogP contribution in [-0.4, -0.2) is 15.6 Å². The van der Waals surface area contributed by atoms with Crippen LogP contribution < -0.4 is 0 Å². The van der Waals surface area contributed by atoms with Gasteiger partial charge in [0, 0.05) is 17.6 Å². The van der Waals surface area contributed by atoms with Gasteiger partial charge in [-0.25, -0.2) is 13.6 Å². The molecule has 5 heteroatoms. The summed E-state index contributed by atoms with van der Waals surface area (Å²) in [7, 11) is 0. The maximum Gasteiger partial charge on any atom is 0.335 e. The average Bonchev–Trinajstić information content (AvgIpc) is 2.80. The molecule has 1 aromatic heterocycles. The van der Waals surface area contributed by atoms with Crippen molar-refractivity contribution in [1.82, 2.24) is 4.57 Å². The van der Waals surface area contributed by atoms with Crippen LogP contribution >= 0.6 is 0 Å². The standard InChI is InChI=1S/C15H9F2NO2/c16-11-6-12(17)8-13(7-11)18-4-3-9-5-10(15(19)20)1-2-14(9)18/h1-8H,(H,19,20). The molecule has 1 heterocycles. The van der Waals surface area contributed by atoms with Crippen LogP contribution in [0.5, 0.6) is 0 Å². The Hall–Kier alpha value is -2.69. The molecule has 3 aromatic rings. The largest absolute Gasteiger partial charge is 0.478 e. The number of carboxylic acids is 1. The van der Waals surface area contributed by atoms with Crippen molar-refractivity contribution in [2.75, 3.05) is 0 Å². The van der Waals surface area contributed by atoms with Gasteiger partial charge in [0.25, 0.3) is 0 Å². The number of carboxylic acid groups (broad SMARTS) is 1. The van der Waals surface area contributed by atoms with Gasteiger partial charge in [-0.3, -0.25) is 0 Å². The number of hydrogen-bond donors (Lipinski definition) is 1. The fourth-order valence-electron chi connectivity index (χ4n) is 2.18. The first-order chi connectivity index (χ1) is 9.54. The SMILES string of the molecule is O=C(O)c1ccc2c(ccn2-c2cc(F)cc(F)c2)c1. The molecule has 0 unspecified atom stereocenters. The monoisotopic (exact) mass is 273 g/mol. The number of nitrogens with zero attached hydrogens (tertiary/aromatic N) is 1. The third-order valence-corrected chi connectivity index (χ3v) is 3.06. The maximum atomic E-state index is 13.3. The van der Waals surface area contributed by atoms with Crippen molar-refractivity contribution in [2.24, 2.45) is 0 Å². The van der Waals surface area contributed by atoms with Gasteiger partial charge in [0.2, 0.25) is 0 Å². The van der Waals surface area contributed by atoms with E-state index in [0.717, 1.165) is 6.07 Å². The van der Waals surface area contributed by atoms with Gasteiger partial charge in [-0.05, 0) is 36.4 Å². The average molecular weight is 273 g/mol. The molecule has 2 aromatic carbocycles. The van der Waals surface area contributed by atoms with Gasteiger partial charge in [-0.1, -0.05) is 0 Å². The molecular formula is C15H9F2NO2. The molecule has 0 atom stereocenters. The highest BCUT2D eigenvalue weighted by Crippen LogP contribution is 2.23. The summed E-state index contributed by atoms with van der Waals surface area (Å²) in [5, 5.41) is 9.62. The van der Waals surface area contributed by atoms with Gasteiger partial charge in [-0.2, -0.15) is 0 Å². The zero-order valence-corrected chi connectivity index (χ0v) is 10.2. The molecule has 100 valence electrons. The van der Waals surface area contributed by atoms with E-state index in [1.54, 1.807) is 22.9 Å². The normalized spacial score (nSPS) is 10.9. The fraction of sp³-hybridized carbons (Fsp3) is 0. The van der Waals surface area contributed by atoms with Crippen LogP contribution in [0.2, 0.25) is 0 Å². The van der Waals surface area contributed by atoms with Crippen LogP contribution in [0, 0.1) is 11.6 Å². The van der Waals surface area contributed by atoms with Crippen molar-refractivity contribution in [2.45, 2.75) is 0 Å². The van der Waals surface area contributed by atoms with E-state index in [0.29, 0.717) is 16.6 Å². The van der Waals surface area contributed by atoms with Gasteiger partial charge in [0.1, 0.15) is 11.6 Å². The molecule has 0 aliphatic carbocycles. The summed E-state index contributed by atoms with van der Waals surface area (Å²) in [5.74, 6) is -2.34. The van der Waals surface area contributed by atoms with Crippen molar-refractivity contribution < 1.29 is 18.7 Å². The molecule has 0 amide bonds. The van der Waals surface area contributed by atoms with E-state index in [2.05, 4.69) is 0 Å². The molecule has 3 nitrogen and oxygen atoms in total. The molecule has 0 aliphatic rings. The number of fused-ring (bicyclic) bond motifs is 1.